The summed E-state index contributed by atoms with van der Waals surface area (Å²) in [4.78, 5) is 0. The van der Waals surface area contributed by atoms with E-state index in [0.717, 1.165) is 12.8 Å². The molecule has 3 heteroatoms. The first-order valence-electron chi connectivity index (χ1n) is 4.55. The minimum absolute atomic E-state index is 0.0359. The first kappa shape index (κ1) is 8.39. The van der Waals surface area contributed by atoms with Gasteiger partial charge in [-0.15, -0.1) is 0 Å². The molecule has 2 atom stereocenters. The van der Waals surface area contributed by atoms with E-state index in [2.05, 4.69) is 0 Å². The van der Waals surface area contributed by atoms with Gasteiger partial charge in [-0.25, -0.2) is 0 Å². The van der Waals surface area contributed by atoms with Crippen LogP contribution < -0.4 is 0 Å². The summed E-state index contributed by atoms with van der Waals surface area (Å²) in [6, 6.07) is 0. The van der Waals surface area contributed by atoms with E-state index < -0.39 is 12.1 Å². The number of hydrogen-bond acceptors (Lipinski definition) is 0. The van der Waals surface area contributed by atoms with Crippen LogP contribution in [0.2, 0.25) is 0 Å². The van der Waals surface area contributed by atoms with Gasteiger partial charge in [0.05, 0.1) is 5.92 Å². The molecule has 0 aliphatic heterocycles. The lowest BCUT2D eigenvalue weighted by atomic mass is 9.56. The SMILES string of the molecule is CC1CC(C(F)(F)F)C2CC1C2. The highest BCUT2D eigenvalue weighted by Gasteiger charge is 2.54. The van der Waals surface area contributed by atoms with Gasteiger partial charge in [0, 0.05) is 0 Å². The highest BCUT2D eigenvalue weighted by atomic mass is 19.4. The van der Waals surface area contributed by atoms with Gasteiger partial charge in [-0.1, -0.05) is 6.92 Å². The van der Waals surface area contributed by atoms with Crippen LogP contribution in [-0.2, 0) is 0 Å². The van der Waals surface area contributed by atoms with Gasteiger partial charge in [0.1, 0.15) is 0 Å². The van der Waals surface area contributed by atoms with Crippen molar-refractivity contribution < 1.29 is 13.2 Å². The molecule has 0 spiro atoms. The van der Waals surface area contributed by atoms with Crippen molar-refractivity contribution in [3.63, 3.8) is 0 Å². The van der Waals surface area contributed by atoms with Crippen molar-refractivity contribution in [3.05, 3.63) is 0 Å². The van der Waals surface area contributed by atoms with Crippen molar-refractivity contribution in [2.45, 2.75) is 32.4 Å². The third-order valence-electron chi connectivity index (χ3n) is 3.63. The summed E-state index contributed by atoms with van der Waals surface area (Å²) in [7, 11) is 0. The van der Waals surface area contributed by atoms with Crippen LogP contribution in [0, 0.1) is 23.7 Å². The van der Waals surface area contributed by atoms with Gasteiger partial charge in [0.25, 0.3) is 0 Å². The zero-order valence-corrected chi connectivity index (χ0v) is 7.06. The Hall–Kier alpha value is -0.210. The Morgan fingerprint density at radius 3 is 1.92 bits per heavy atom. The smallest absolute Gasteiger partial charge is 0.171 e. The minimum atomic E-state index is -3.94. The molecular weight excluding hydrogens is 165 g/mol. The van der Waals surface area contributed by atoms with E-state index in [1.165, 1.54) is 0 Å². The Labute approximate surface area is 70.1 Å². The molecule has 0 aromatic rings. The van der Waals surface area contributed by atoms with Crippen molar-refractivity contribution in [1.82, 2.24) is 0 Å². The molecule has 0 radical (unpaired) electrons. The fourth-order valence-electron chi connectivity index (χ4n) is 2.69. The molecule has 3 fully saturated rings. The summed E-state index contributed by atoms with van der Waals surface area (Å²) >= 11 is 0. The van der Waals surface area contributed by atoms with E-state index in [4.69, 9.17) is 0 Å². The zero-order chi connectivity index (χ0) is 8.93. The first-order chi connectivity index (χ1) is 5.48. The summed E-state index contributed by atoms with van der Waals surface area (Å²) in [6.07, 6.45) is -1.92. The maximum atomic E-state index is 12.4. The van der Waals surface area contributed by atoms with Gasteiger partial charge in [0.15, 0.2) is 0 Å². The first-order valence-corrected chi connectivity index (χ1v) is 4.55. The Bertz CT molecular complexity index is 179. The fraction of sp³-hybridized carbons (Fsp3) is 1.00. The molecule has 0 heterocycles. The zero-order valence-electron chi connectivity index (χ0n) is 7.06. The molecule has 0 N–H and O–H groups in total. The Morgan fingerprint density at radius 2 is 1.58 bits per heavy atom. The fourth-order valence-corrected chi connectivity index (χ4v) is 2.69. The van der Waals surface area contributed by atoms with Crippen LogP contribution in [-0.4, -0.2) is 6.18 Å². The molecule has 0 nitrogen and oxygen atoms in total. The van der Waals surface area contributed by atoms with Crippen LogP contribution in [0.5, 0.6) is 0 Å². The summed E-state index contributed by atoms with van der Waals surface area (Å²) in [6.45, 7) is 1.96. The van der Waals surface area contributed by atoms with Crippen molar-refractivity contribution in [2.24, 2.45) is 23.7 Å². The Kier molecular flexibility index (Phi) is 1.67. The average Bonchev–Trinajstić information content (AvgIpc) is 1.81. The number of halogens is 3. The van der Waals surface area contributed by atoms with Gasteiger partial charge in [-0.05, 0) is 37.0 Å². The Balaban J connectivity index is 2.07. The van der Waals surface area contributed by atoms with E-state index in [1.54, 1.807) is 0 Å². The second-order valence-electron chi connectivity index (χ2n) is 4.35. The van der Waals surface area contributed by atoms with Crippen molar-refractivity contribution in [2.75, 3.05) is 0 Å². The van der Waals surface area contributed by atoms with Crippen LogP contribution in [0.1, 0.15) is 26.2 Å². The second-order valence-corrected chi connectivity index (χ2v) is 4.35. The van der Waals surface area contributed by atoms with Crippen LogP contribution in [0.4, 0.5) is 13.2 Å². The van der Waals surface area contributed by atoms with E-state index in [-0.39, 0.29) is 5.92 Å². The quantitative estimate of drug-likeness (QED) is 0.534. The highest BCUT2D eigenvalue weighted by Crippen LogP contribution is 2.56. The molecule has 12 heavy (non-hydrogen) atoms. The molecule has 0 amide bonds. The van der Waals surface area contributed by atoms with Gasteiger partial charge in [-0.2, -0.15) is 13.2 Å². The molecule has 0 saturated heterocycles. The maximum absolute atomic E-state index is 12.4. The van der Waals surface area contributed by atoms with Crippen molar-refractivity contribution >= 4 is 0 Å². The number of fused-ring (bicyclic) bond motifs is 2. The average molecular weight is 178 g/mol. The van der Waals surface area contributed by atoms with Gasteiger partial charge in [0.2, 0.25) is 0 Å². The van der Waals surface area contributed by atoms with Gasteiger partial charge < -0.3 is 0 Å². The lowest BCUT2D eigenvalue weighted by Crippen LogP contribution is -2.47. The molecule has 2 bridgehead atoms. The number of hydrogen-bond donors (Lipinski definition) is 0. The molecular formula is C9H13F3. The normalized spacial score (nSPS) is 47.0. The molecule has 3 aliphatic rings. The predicted molar refractivity (Wildman–Crippen MR) is 39.5 cm³/mol. The third kappa shape index (κ3) is 1.14. The molecule has 2 unspecified atom stereocenters. The molecule has 0 aromatic carbocycles. The number of rotatable bonds is 0. The maximum Gasteiger partial charge on any atom is 0.392 e. The minimum Gasteiger partial charge on any atom is -0.171 e. The van der Waals surface area contributed by atoms with E-state index in [9.17, 15) is 13.2 Å². The standard InChI is InChI=1S/C9H13F3/c1-5-2-8(9(10,11)12)7-3-6(5)4-7/h5-8H,2-4H2,1H3. The lowest BCUT2D eigenvalue weighted by molar-refractivity contribution is -0.224. The predicted octanol–water partition coefficient (Wildman–Crippen LogP) is 3.23. The molecule has 3 aliphatic carbocycles. The van der Waals surface area contributed by atoms with Crippen LogP contribution in [0.15, 0.2) is 0 Å². The molecule has 70 valence electrons. The Morgan fingerprint density at radius 1 is 1.00 bits per heavy atom. The summed E-state index contributed by atoms with van der Waals surface area (Å²) in [5.41, 5.74) is 0. The molecule has 3 rings (SSSR count). The number of alkyl halides is 3. The van der Waals surface area contributed by atoms with E-state index >= 15 is 0 Å². The van der Waals surface area contributed by atoms with Crippen molar-refractivity contribution in [3.8, 4) is 0 Å². The van der Waals surface area contributed by atoms with Gasteiger partial charge >= 0.3 is 6.18 Å². The summed E-state index contributed by atoms with van der Waals surface area (Å²) < 4.78 is 37.2. The largest absolute Gasteiger partial charge is 0.392 e. The van der Waals surface area contributed by atoms with E-state index in [1.807, 2.05) is 6.92 Å². The summed E-state index contributed by atoms with van der Waals surface area (Å²) in [5, 5.41) is 0. The van der Waals surface area contributed by atoms with Crippen LogP contribution in [0.3, 0.4) is 0 Å². The van der Waals surface area contributed by atoms with E-state index in [0.29, 0.717) is 18.3 Å². The highest BCUT2D eigenvalue weighted by molar-refractivity contribution is 4.96. The van der Waals surface area contributed by atoms with Crippen molar-refractivity contribution in [1.29, 1.82) is 0 Å². The lowest BCUT2D eigenvalue weighted by Gasteiger charge is -2.50. The second kappa shape index (κ2) is 2.39. The third-order valence-corrected chi connectivity index (χ3v) is 3.63. The molecule has 3 saturated carbocycles. The monoisotopic (exact) mass is 178 g/mol. The van der Waals surface area contributed by atoms with Crippen LogP contribution >= 0.6 is 0 Å². The van der Waals surface area contributed by atoms with Crippen LogP contribution in [0.25, 0.3) is 0 Å². The van der Waals surface area contributed by atoms with Gasteiger partial charge in [-0.3, -0.25) is 0 Å². The summed E-state index contributed by atoms with van der Waals surface area (Å²) in [5.74, 6) is -0.126. The molecule has 0 aromatic heterocycles. The topological polar surface area (TPSA) is 0 Å².